The number of unbranched alkanes of at least 4 members (excludes halogenated alkanes) is 1. The zero-order valence-electron chi connectivity index (χ0n) is 11.1. The first-order chi connectivity index (χ1) is 9.56. The molecular weight excluding hydrogens is 303 g/mol. The number of hydrogen-bond acceptors (Lipinski definition) is 4. The molecule has 0 aromatic heterocycles. The summed E-state index contributed by atoms with van der Waals surface area (Å²) < 4.78 is 0. The summed E-state index contributed by atoms with van der Waals surface area (Å²) in [4.78, 5) is 15.1. The number of rotatable bonds is 5. The maximum Gasteiger partial charge on any atom is 0.234 e. The molecule has 0 atom stereocenters. The van der Waals surface area contributed by atoms with E-state index >= 15 is 0 Å². The molecule has 0 fully saturated rings. The van der Waals surface area contributed by atoms with Crippen molar-refractivity contribution in [1.82, 2.24) is 5.48 Å². The van der Waals surface area contributed by atoms with Crippen molar-refractivity contribution in [3.8, 4) is 0 Å². The van der Waals surface area contributed by atoms with Crippen LogP contribution < -0.4 is 17.1 Å². The minimum Gasteiger partial charge on any atom is -0.367 e. The molecule has 0 spiro atoms. The third-order valence-corrected chi connectivity index (χ3v) is 2.69. The number of guanidine groups is 1. The van der Waals surface area contributed by atoms with Crippen LogP contribution in [-0.2, 0) is 4.84 Å². The summed E-state index contributed by atoms with van der Waals surface area (Å²) in [5.74, 6) is 4.90. The number of aldehydes is 1. The largest absolute Gasteiger partial charge is 0.367 e. The number of nitrogens with zero attached hydrogens (tertiary/aromatic N) is 1. The van der Waals surface area contributed by atoms with Crippen LogP contribution in [0.15, 0.2) is 23.3 Å². The second-order valence-electron chi connectivity index (χ2n) is 3.57. The first-order valence-electron chi connectivity index (χ1n) is 5.87. The normalized spacial score (nSPS) is 10.4. The number of benzene rings is 1. The van der Waals surface area contributed by atoms with E-state index in [0.717, 1.165) is 12.8 Å². The van der Waals surface area contributed by atoms with Crippen LogP contribution in [0.25, 0.3) is 0 Å². The van der Waals surface area contributed by atoms with Crippen LogP contribution in [-0.4, -0.2) is 18.9 Å². The smallest absolute Gasteiger partial charge is 0.234 e. The molecule has 20 heavy (non-hydrogen) atoms. The zero-order valence-corrected chi connectivity index (χ0v) is 12.6. The summed E-state index contributed by atoms with van der Waals surface area (Å²) in [6.45, 7) is 2.69. The lowest BCUT2D eigenvalue weighted by Crippen LogP contribution is -2.32. The van der Waals surface area contributed by atoms with Crippen molar-refractivity contribution in [1.29, 1.82) is 0 Å². The van der Waals surface area contributed by atoms with Crippen molar-refractivity contribution < 1.29 is 9.63 Å². The lowest BCUT2D eigenvalue weighted by Gasteiger charge is -2.02. The van der Waals surface area contributed by atoms with E-state index in [9.17, 15) is 4.79 Å². The van der Waals surface area contributed by atoms with E-state index < -0.39 is 0 Å². The summed E-state index contributed by atoms with van der Waals surface area (Å²) in [5, 5.41) is 3.93. The Balaban J connectivity index is 0.000000361. The van der Waals surface area contributed by atoms with Crippen LogP contribution in [0.5, 0.6) is 0 Å². The van der Waals surface area contributed by atoms with Gasteiger partial charge < -0.3 is 11.6 Å². The monoisotopic (exact) mass is 320 g/mol. The lowest BCUT2D eigenvalue weighted by atomic mass is 10.2. The molecule has 0 unspecified atom stereocenters. The summed E-state index contributed by atoms with van der Waals surface area (Å²) in [6, 6.07) is 4.94. The summed E-state index contributed by atoms with van der Waals surface area (Å²) in [6.07, 6.45) is 2.72. The van der Waals surface area contributed by atoms with Crippen molar-refractivity contribution in [3.63, 3.8) is 0 Å². The Hall–Kier alpha value is -1.50. The van der Waals surface area contributed by atoms with Crippen molar-refractivity contribution in [3.05, 3.63) is 33.8 Å². The highest BCUT2D eigenvalue weighted by molar-refractivity contribution is 6.38. The Morgan fingerprint density at radius 1 is 1.45 bits per heavy atom. The maximum atomic E-state index is 10.3. The third-order valence-electron chi connectivity index (χ3n) is 2.03. The fraction of sp³-hybridized carbons (Fsp3) is 0.333. The molecule has 0 saturated heterocycles. The Morgan fingerprint density at radius 3 is 2.45 bits per heavy atom. The van der Waals surface area contributed by atoms with Crippen LogP contribution in [0.4, 0.5) is 0 Å². The van der Waals surface area contributed by atoms with Crippen LogP contribution in [0.1, 0.15) is 30.1 Å². The van der Waals surface area contributed by atoms with Gasteiger partial charge in [-0.15, -0.1) is 5.10 Å². The minimum atomic E-state index is 0.0936. The van der Waals surface area contributed by atoms with E-state index in [1.807, 2.05) is 0 Å². The number of carbonyl (C=O) groups excluding carboxylic acids is 1. The summed E-state index contributed by atoms with van der Waals surface area (Å²) in [7, 11) is 0. The molecule has 112 valence electrons. The molecule has 0 aliphatic carbocycles. The average Bonchev–Trinajstić information content (AvgIpc) is 2.44. The number of carbonyl (C=O) groups is 1. The number of hydroxylamine groups is 1. The van der Waals surface area contributed by atoms with Crippen molar-refractivity contribution in [2.24, 2.45) is 16.7 Å². The van der Waals surface area contributed by atoms with Crippen molar-refractivity contribution in [2.45, 2.75) is 19.8 Å². The Morgan fingerprint density at radius 2 is 2.05 bits per heavy atom. The van der Waals surface area contributed by atoms with Crippen molar-refractivity contribution >= 4 is 35.4 Å². The van der Waals surface area contributed by atoms with Gasteiger partial charge in [0.05, 0.1) is 22.2 Å². The maximum absolute atomic E-state index is 10.3. The molecule has 1 aromatic rings. The minimum absolute atomic E-state index is 0.0936. The molecule has 5 N–H and O–H groups in total. The molecule has 8 heteroatoms. The molecule has 0 saturated carbocycles. The molecule has 0 amide bonds. The van der Waals surface area contributed by atoms with Crippen LogP contribution in [0.2, 0.25) is 10.0 Å². The fourth-order valence-corrected chi connectivity index (χ4v) is 1.48. The first kappa shape index (κ1) is 18.5. The van der Waals surface area contributed by atoms with E-state index in [-0.39, 0.29) is 5.96 Å². The summed E-state index contributed by atoms with van der Waals surface area (Å²) >= 11 is 11.2. The highest BCUT2D eigenvalue weighted by atomic mass is 35.5. The van der Waals surface area contributed by atoms with Gasteiger partial charge in [0.25, 0.3) is 0 Å². The molecule has 0 heterocycles. The molecule has 0 aliphatic heterocycles. The van der Waals surface area contributed by atoms with E-state index in [4.69, 9.17) is 39.6 Å². The highest BCUT2D eigenvalue weighted by Crippen LogP contribution is 2.21. The van der Waals surface area contributed by atoms with E-state index in [0.29, 0.717) is 28.5 Å². The van der Waals surface area contributed by atoms with Gasteiger partial charge in [-0.05, 0) is 18.6 Å². The van der Waals surface area contributed by atoms with Gasteiger partial charge in [0.15, 0.2) is 6.29 Å². The van der Waals surface area contributed by atoms with Gasteiger partial charge in [0.2, 0.25) is 5.96 Å². The average molecular weight is 321 g/mol. The molecular formula is C12H18Cl2N4O2. The van der Waals surface area contributed by atoms with Gasteiger partial charge in [-0.1, -0.05) is 42.6 Å². The predicted molar refractivity (Wildman–Crippen MR) is 81.7 cm³/mol. The van der Waals surface area contributed by atoms with Crippen LogP contribution >= 0.6 is 23.2 Å². The standard InChI is InChI=1S/C7H4Cl2O.C5H14N4O/c8-6-2-1-3-7(9)5(6)4-10;1-2-3-4-10-9-5(6)8-7/h1-4H;2-4,7H2,1H3,(H3,6,8,9). The second kappa shape index (κ2) is 11.3. The Bertz CT molecular complexity index is 421. The molecule has 1 aromatic carbocycles. The fourth-order valence-electron chi connectivity index (χ4n) is 0.991. The molecule has 6 nitrogen and oxygen atoms in total. The topological polar surface area (TPSA) is 103 Å². The van der Waals surface area contributed by atoms with Crippen molar-refractivity contribution in [2.75, 3.05) is 6.61 Å². The Kier molecular flexibility index (Phi) is 10.5. The zero-order chi connectivity index (χ0) is 15.4. The van der Waals surface area contributed by atoms with Crippen LogP contribution in [0.3, 0.4) is 0 Å². The van der Waals surface area contributed by atoms with Gasteiger partial charge in [0, 0.05) is 0 Å². The van der Waals surface area contributed by atoms with E-state index in [2.05, 4.69) is 17.5 Å². The number of hydrogen-bond donors (Lipinski definition) is 3. The number of nitrogens with two attached hydrogens (primary N) is 2. The second-order valence-corrected chi connectivity index (χ2v) is 4.39. The molecule has 0 bridgehead atoms. The first-order valence-corrected chi connectivity index (χ1v) is 6.62. The Labute approximate surface area is 128 Å². The van der Waals surface area contributed by atoms with Crippen LogP contribution in [0, 0.1) is 0 Å². The summed E-state index contributed by atoms with van der Waals surface area (Å²) in [5.41, 5.74) is 7.87. The van der Waals surface area contributed by atoms with Gasteiger partial charge in [-0.2, -0.15) is 0 Å². The SMILES string of the molecule is CCCCON/C(N)=N/N.O=Cc1c(Cl)cccc1Cl. The number of hydrazone groups is 1. The highest BCUT2D eigenvalue weighted by Gasteiger charge is 2.01. The van der Waals surface area contributed by atoms with Gasteiger partial charge in [-0.25, -0.2) is 5.48 Å². The van der Waals surface area contributed by atoms with Gasteiger partial charge in [-0.3, -0.25) is 9.63 Å². The third kappa shape index (κ3) is 7.83. The molecule has 0 radical (unpaired) electrons. The quantitative estimate of drug-likeness (QED) is 0.193. The lowest BCUT2D eigenvalue weighted by molar-refractivity contribution is 0.0816. The predicted octanol–water partition coefficient (Wildman–Crippen LogP) is 2.30. The van der Waals surface area contributed by atoms with E-state index in [1.165, 1.54) is 0 Å². The number of halogens is 2. The van der Waals surface area contributed by atoms with Gasteiger partial charge >= 0.3 is 0 Å². The molecule has 1 rings (SSSR count). The van der Waals surface area contributed by atoms with Gasteiger partial charge in [0.1, 0.15) is 0 Å². The number of nitrogens with one attached hydrogen (secondary N) is 1. The van der Waals surface area contributed by atoms with E-state index in [1.54, 1.807) is 18.2 Å². The molecule has 0 aliphatic rings.